The average molecular weight is 296 g/mol. The number of primary amides is 1. The Kier molecular flexibility index (Phi) is 4.13. The molecule has 90 valence electrons. The highest BCUT2D eigenvalue weighted by molar-refractivity contribution is 9.10. The van der Waals surface area contributed by atoms with Gasteiger partial charge in [0.1, 0.15) is 0 Å². The number of anilines is 1. The first-order valence-corrected chi connectivity index (χ1v) is 5.89. The summed E-state index contributed by atoms with van der Waals surface area (Å²) in [4.78, 5) is 10.9. The van der Waals surface area contributed by atoms with Crippen LogP contribution in [-0.2, 0) is 4.79 Å². The second kappa shape index (κ2) is 5.19. The standard InChI is InChI=1S/C12H14BrN3O/c1-12(2,6-11(15)17)16-10-4-8(7-14)3-9(13)5-10/h3-5,16H,6H2,1-2H3,(H2,15,17). The molecule has 0 saturated heterocycles. The number of carbonyl (C=O) groups is 1. The monoisotopic (exact) mass is 295 g/mol. The van der Waals surface area contributed by atoms with Gasteiger partial charge < -0.3 is 11.1 Å². The Bertz CT molecular complexity index is 477. The van der Waals surface area contributed by atoms with E-state index in [1.165, 1.54) is 0 Å². The molecule has 0 radical (unpaired) electrons. The van der Waals surface area contributed by atoms with Crippen molar-refractivity contribution in [3.8, 4) is 6.07 Å². The Morgan fingerprint density at radius 2 is 2.18 bits per heavy atom. The molecule has 0 aliphatic rings. The molecule has 4 nitrogen and oxygen atoms in total. The number of hydrogen-bond acceptors (Lipinski definition) is 3. The zero-order chi connectivity index (χ0) is 13.1. The van der Waals surface area contributed by atoms with Crippen molar-refractivity contribution in [1.82, 2.24) is 0 Å². The first-order chi connectivity index (χ1) is 7.82. The SMILES string of the molecule is CC(C)(CC(N)=O)Nc1cc(Br)cc(C#N)c1. The maximum Gasteiger partial charge on any atom is 0.219 e. The van der Waals surface area contributed by atoms with Crippen molar-refractivity contribution in [2.24, 2.45) is 5.73 Å². The minimum Gasteiger partial charge on any atom is -0.380 e. The van der Waals surface area contributed by atoms with Crippen LogP contribution in [0.2, 0.25) is 0 Å². The third-order valence-electron chi connectivity index (χ3n) is 2.13. The van der Waals surface area contributed by atoms with Crippen molar-refractivity contribution in [2.45, 2.75) is 25.8 Å². The Hall–Kier alpha value is -1.54. The van der Waals surface area contributed by atoms with Gasteiger partial charge in [0.25, 0.3) is 0 Å². The van der Waals surface area contributed by atoms with E-state index < -0.39 is 5.54 Å². The Labute approximate surface area is 109 Å². The van der Waals surface area contributed by atoms with Crippen LogP contribution in [0.5, 0.6) is 0 Å². The number of nitriles is 1. The predicted octanol–water partition coefficient (Wildman–Crippen LogP) is 2.39. The van der Waals surface area contributed by atoms with Crippen LogP contribution in [0.1, 0.15) is 25.8 Å². The number of hydrogen-bond donors (Lipinski definition) is 2. The van der Waals surface area contributed by atoms with Gasteiger partial charge in [0, 0.05) is 22.1 Å². The number of halogens is 1. The van der Waals surface area contributed by atoms with Gasteiger partial charge in [-0.2, -0.15) is 5.26 Å². The summed E-state index contributed by atoms with van der Waals surface area (Å²) in [6.07, 6.45) is 0.224. The smallest absolute Gasteiger partial charge is 0.219 e. The van der Waals surface area contributed by atoms with E-state index in [0.29, 0.717) is 5.56 Å². The van der Waals surface area contributed by atoms with Crippen molar-refractivity contribution in [1.29, 1.82) is 5.26 Å². The average Bonchev–Trinajstić information content (AvgIpc) is 2.13. The lowest BCUT2D eigenvalue weighted by Gasteiger charge is -2.26. The molecular formula is C12H14BrN3O. The van der Waals surface area contributed by atoms with E-state index in [2.05, 4.69) is 27.3 Å². The lowest BCUT2D eigenvalue weighted by Crippen LogP contribution is -2.36. The van der Waals surface area contributed by atoms with Gasteiger partial charge in [-0.05, 0) is 32.0 Å². The van der Waals surface area contributed by atoms with Gasteiger partial charge in [-0.3, -0.25) is 4.79 Å². The lowest BCUT2D eigenvalue weighted by atomic mass is 9.99. The summed E-state index contributed by atoms with van der Waals surface area (Å²) in [5.41, 5.74) is 6.06. The number of carbonyl (C=O) groups excluding carboxylic acids is 1. The fraction of sp³-hybridized carbons (Fsp3) is 0.333. The Balaban J connectivity index is 2.91. The van der Waals surface area contributed by atoms with Crippen molar-refractivity contribution in [2.75, 3.05) is 5.32 Å². The van der Waals surface area contributed by atoms with Crippen molar-refractivity contribution < 1.29 is 4.79 Å². The number of nitrogens with two attached hydrogens (primary N) is 1. The first-order valence-electron chi connectivity index (χ1n) is 5.09. The van der Waals surface area contributed by atoms with Gasteiger partial charge in [0.15, 0.2) is 0 Å². The maximum absolute atomic E-state index is 10.9. The zero-order valence-electron chi connectivity index (χ0n) is 9.75. The molecule has 1 aromatic carbocycles. The van der Waals surface area contributed by atoms with Gasteiger partial charge in [-0.25, -0.2) is 0 Å². The van der Waals surface area contributed by atoms with Crippen LogP contribution in [0, 0.1) is 11.3 Å². The topological polar surface area (TPSA) is 78.9 Å². The molecule has 17 heavy (non-hydrogen) atoms. The lowest BCUT2D eigenvalue weighted by molar-refractivity contribution is -0.118. The van der Waals surface area contributed by atoms with Crippen LogP contribution < -0.4 is 11.1 Å². The highest BCUT2D eigenvalue weighted by atomic mass is 79.9. The Morgan fingerprint density at radius 3 is 2.71 bits per heavy atom. The van der Waals surface area contributed by atoms with Crippen LogP contribution in [0.3, 0.4) is 0 Å². The number of nitrogens with one attached hydrogen (secondary N) is 1. The number of amides is 1. The van der Waals surface area contributed by atoms with Crippen LogP contribution in [0.4, 0.5) is 5.69 Å². The second-order valence-corrected chi connectivity index (χ2v) is 5.41. The van der Waals surface area contributed by atoms with E-state index in [4.69, 9.17) is 11.0 Å². The van der Waals surface area contributed by atoms with Gasteiger partial charge in [-0.1, -0.05) is 15.9 Å². The second-order valence-electron chi connectivity index (χ2n) is 4.49. The van der Waals surface area contributed by atoms with Gasteiger partial charge in [-0.15, -0.1) is 0 Å². The third-order valence-corrected chi connectivity index (χ3v) is 2.58. The molecular weight excluding hydrogens is 282 g/mol. The van der Waals surface area contributed by atoms with Crippen LogP contribution in [-0.4, -0.2) is 11.4 Å². The van der Waals surface area contributed by atoms with Gasteiger partial charge >= 0.3 is 0 Å². The summed E-state index contributed by atoms with van der Waals surface area (Å²) < 4.78 is 0.814. The minimum atomic E-state index is -0.445. The molecule has 1 rings (SSSR count). The minimum absolute atomic E-state index is 0.224. The van der Waals surface area contributed by atoms with Gasteiger partial charge in [0.2, 0.25) is 5.91 Å². The molecule has 5 heteroatoms. The predicted molar refractivity (Wildman–Crippen MR) is 70.4 cm³/mol. The van der Waals surface area contributed by atoms with Crippen LogP contribution in [0.25, 0.3) is 0 Å². The van der Waals surface area contributed by atoms with E-state index >= 15 is 0 Å². The molecule has 1 aromatic rings. The third kappa shape index (κ3) is 4.45. The quantitative estimate of drug-likeness (QED) is 0.895. The first kappa shape index (κ1) is 13.5. The van der Waals surface area contributed by atoms with Crippen molar-refractivity contribution in [3.05, 3.63) is 28.2 Å². The molecule has 0 heterocycles. The van der Waals surface area contributed by atoms with Crippen molar-refractivity contribution in [3.63, 3.8) is 0 Å². The van der Waals surface area contributed by atoms with Crippen LogP contribution in [0.15, 0.2) is 22.7 Å². The summed E-state index contributed by atoms with van der Waals surface area (Å²) in [6.45, 7) is 3.76. The molecule has 0 spiro atoms. The molecule has 0 fully saturated rings. The van der Waals surface area contributed by atoms with Crippen molar-refractivity contribution >= 4 is 27.5 Å². The van der Waals surface area contributed by atoms with Gasteiger partial charge in [0.05, 0.1) is 11.6 Å². The summed E-state index contributed by atoms with van der Waals surface area (Å²) in [5, 5.41) is 12.0. The van der Waals surface area contributed by atoms with E-state index in [0.717, 1.165) is 10.2 Å². The number of rotatable bonds is 4. The molecule has 0 atom stereocenters. The summed E-state index contributed by atoms with van der Waals surface area (Å²) in [5.74, 6) is -0.363. The van der Waals surface area contributed by atoms with E-state index in [-0.39, 0.29) is 12.3 Å². The summed E-state index contributed by atoms with van der Waals surface area (Å²) in [6, 6.07) is 7.38. The summed E-state index contributed by atoms with van der Waals surface area (Å²) in [7, 11) is 0. The largest absolute Gasteiger partial charge is 0.380 e. The molecule has 0 bridgehead atoms. The Morgan fingerprint density at radius 1 is 1.53 bits per heavy atom. The fourth-order valence-electron chi connectivity index (χ4n) is 1.60. The molecule has 0 unspecified atom stereocenters. The normalized spacial score (nSPS) is 10.7. The highest BCUT2D eigenvalue weighted by Gasteiger charge is 2.20. The van der Waals surface area contributed by atoms with E-state index in [1.807, 2.05) is 19.9 Å². The molecule has 0 aromatic heterocycles. The molecule has 0 aliphatic heterocycles. The maximum atomic E-state index is 10.9. The number of benzene rings is 1. The fourth-order valence-corrected chi connectivity index (χ4v) is 2.09. The highest BCUT2D eigenvalue weighted by Crippen LogP contribution is 2.23. The zero-order valence-corrected chi connectivity index (χ0v) is 11.3. The van der Waals surface area contributed by atoms with E-state index in [1.54, 1.807) is 12.1 Å². The van der Waals surface area contributed by atoms with E-state index in [9.17, 15) is 4.79 Å². The molecule has 1 amide bonds. The summed E-state index contributed by atoms with van der Waals surface area (Å²) >= 11 is 3.33. The molecule has 3 N–H and O–H groups in total. The number of nitrogens with zero attached hydrogens (tertiary/aromatic N) is 1. The van der Waals surface area contributed by atoms with Crippen LogP contribution >= 0.6 is 15.9 Å². The molecule has 0 saturated carbocycles. The molecule has 0 aliphatic carbocycles.